The average Bonchev–Trinajstić information content (AvgIpc) is 2.17. The Labute approximate surface area is 81.6 Å². The van der Waals surface area contributed by atoms with Gasteiger partial charge in [-0.1, -0.05) is 19.9 Å². The molecule has 2 nitrogen and oxygen atoms in total. The van der Waals surface area contributed by atoms with Crippen molar-refractivity contribution in [2.24, 2.45) is 11.8 Å². The summed E-state index contributed by atoms with van der Waals surface area (Å²) in [6, 6.07) is 0. The van der Waals surface area contributed by atoms with Gasteiger partial charge < -0.3 is 4.90 Å². The predicted molar refractivity (Wildman–Crippen MR) is 56.5 cm³/mol. The summed E-state index contributed by atoms with van der Waals surface area (Å²) in [4.78, 5) is 13.6. The first-order valence-electron chi connectivity index (χ1n) is 4.99. The molecule has 0 spiro atoms. The van der Waals surface area contributed by atoms with Crippen LogP contribution in [0.5, 0.6) is 0 Å². The molecule has 2 atom stereocenters. The van der Waals surface area contributed by atoms with Crippen LogP contribution < -0.4 is 0 Å². The maximum Gasteiger partial charge on any atom is 0.225 e. The van der Waals surface area contributed by atoms with Crippen molar-refractivity contribution in [3.05, 3.63) is 12.7 Å². The van der Waals surface area contributed by atoms with Gasteiger partial charge in [0.2, 0.25) is 5.91 Å². The number of amides is 1. The van der Waals surface area contributed by atoms with E-state index in [0.717, 1.165) is 13.1 Å². The lowest BCUT2D eigenvalue weighted by Gasteiger charge is -2.25. The normalized spacial score (nSPS) is 14.8. The van der Waals surface area contributed by atoms with Gasteiger partial charge in [-0.25, -0.2) is 0 Å². The molecule has 0 rings (SSSR count). The van der Waals surface area contributed by atoms with Crippen molar-refractivity contribution in [1.82, 2.24) is 4.90 Å². The van der Waals surface area contributed by atoms with Crippen LogP contribution in [0.15, 0.2) is 12.7 Å². The molecule has 1 amide bonds. The van der Waals surface area contributed by atoms with Crippen LogP contribution in [0.25, 0.3) is 0 Å². The van der Waals surface area contributed by atoms with Gasteiger partial charge >= 0.3 is 0 Å². The first kappa shape index (κ1) is 12.2. The molecule has 0 radical (unpaired) electrons. The Bertz CT molecular complexity index is 173. The van der Waals surface area contributed by atoms with Crippen LogP contribution in [0, 0.1) is 11.8 Å². The highest BCUT2D eigenvalue weighted by Gasteiger charge is 2.21. The summed E-state index contributed by atoms with van der Waals surface area (Å²) in [7, 11) is 0. The topological polar surface area (TPSA) is 20.3 Å². The van der Waals surface area contributed by atoms with E-state index < -0.39 is 0 Å². The summed E-state index contributed by atoms with van der Waals surface area (Å²) in [6.07, 6.45) is 1.84. The van der Waals surface area contributed by atoms with Crippen molar-refractivity contribution in [3.8, 4) is 0 Å². The summed E-state index contributed by atoms with van der Waals surface area (Å²) in [5.74, 6) is 0.544. The summed E-state index contributed by atoms with van der Waals surface area (Å²) in [5, 5.41) is 0. The second kappa shape index (κ2) is 5.79. The van der Waals surface area contributed by atoms with Gasteiger partial charge in [0.25, 0.3) is 0 Å². The molecule has 0 fully saturated rings. The van der Waals surface area contributed by atoms with E-state index >= 15 is 0 Å². The highest BCUT2D eigenvalue weighted by Crippen LogP contribution is 2.14. The molecule has 0 unspecified atom stereocenters. The van der Waals surface area contributed by atoms with E-state index in [-0.39, 0.29) is 17.7 Å². The Balaban J connectivity index is 4.30. The number of carbonyl (C=O) groups excluding carboxylic acids is 1. The molecular formula is C11H21NO. The Morgan fingerprint density at radius 3 is 2.15 bits per heavy atom. The number of rotatable bonds is 5. The molecular weight excluding hydrogens is 162 g/mol. The number of nitrogens with zero attached hydrogens (tertiary/aromatic N) is 1. The Morgan fingerprint density at radius 1 is 1.38 bits per heavy atom. The smallest absolute Gasteiger partial charge is 0.225 e. The van der Waals surface area contributed by atoms with Crippen LogP contribution in [0.3, 0.4) is 0 Å². The van der Waals surface area contributed by atoms with E-state index in [4.69, 9.17) is 0 Å². The fourth-order valence-electron chi connectivity index (χ4n) is 1.25. The Kier molecular flexibility index (Phi) is 5.44. The molecule has 0 bridgehead atoms. The Morgan fingerprint density at radius 2 is 1.85 bits per heavy atom. The number of carbonyl (C=O) groups is 1. The van der Waals surface area contributed by atoms with Crippen LogP contribution in [0.4, 0.5) is 0 Å². The van der Waals surface area contributed by atoms with E-state index in [1.54, 1.807) is 0 Å². The van der Waals surface area contributed by atoms with Gasteiger partial charge in [0.1, 0.15) is 0 Å². The third-order valence-corrected chi connectivity index (χ3v) is 2.63. The molecule has 0 heterocycles. The molecule has 0 aliphatic heterocycles. The highest BCUT2D eigenvalue weighted by atomic mass is 16.2. The highest BCUT2D eigenvalue weighted by molar-refractivity contribution is 5.78. The maximum absolute atomic E-state index is 11.8. The molecule has 76 valence electrons. The predicted octanol–water partition coefficient (Wildman–Crippen LogP) is 2.31. The quantitative estimate of drug-likeness (QED) is 0.599. The maximum atomic E-state index is 11.8. The molecule has 0 aromatic carbocycles. The van der Waals surface area contributed by atoms with E-state index in [1.807, 2.05) is 38.7 Å². The van der Waals surface area contributed by atoms with E-state index in [2.05, 4.69) is 6.58 Å². The monoisotopic (exact) mass is 183 g/mol. The van der Waals surface area contributed by atoms with Crippen molar-refractivity contribution in [2.75, 3.05) is 13.1 Å². The number of hydrogen-bond acceptors (Lipinski definition) is 1. The molecule has 0 N–H and O–H groups in total. The SMILES string of the molecule is C=C[C@H](C)[C@H](C)C(=O)N(CC)CC. The van der Waals surface area contributed by atoms with Crippen LogP contribution >= 0.6 is 0 Å². The molecule has 0 aliphatic carbocycles. The minimum absolute atomic E-state index is 0.0531. The minimum atomic E-state index is 0.0531. The van der Waals surface area contributed by atoms with Gasteiger partial charge in [0.15, 0.2) is 0 Å². The lowest BCUT2D eigenvalue weighted by molar-refractivity contribution is -0.135. The zero-order chi connectivity index (χ0) is 10.4. The lowest BCUT2D eigenvalue weighted by Crippen LogP contribution is -2.36. The van der Waals surface area contributed by atoms with Crippen molar-refractivity contribution < 1.29 is 4.79 Å². The first-order valence-corrected chi connectivity index (χ1v) is 4.99. The van der Waals surface area contributed by atoms with Gasteiger partial charge in [-0.3, -0.25) is 4.79 Å². The molecule has 0 aliphatic rings. The van der Waals surface area contributed by atoms with Crippen molar-refractivity contribution in [1.29, 1.82) is 0 Å². The summed E-state index contributed by atoms with van der Waals surface area (Å²) < 4.78 is 0. The second-order valence-corrected chi connectivity index (χ2v) is 3.39. The standard InChI is InChI=1S/C11H21NO/c1-6-9(4)10(5)11(13)12(7-2)8-3/h6,9-10H,1,7-8H2,2-5H3/t9-,10-/m0/s1. The minimum Gasteiger partial charge on any atom is -0.343 e. The summed E-state index contributed by atoms with van der Waals surface area (Å²) in [5.41, 5.74) is 0. The molecule has 13 heavy (non-hydrogen) atoms. The zero-order valence-electron chi connectivity index (χ0n) is 9.21. The molecule has 0 aromatic heterocycles. The number of hydrogen-bond donors (Lipinski definition) is 0. The van der Waals surface area contributed by atoms with E-state index in [1.165, 1.54) is 0 Å². The summed E-state index contributed by atoms with van der Waals surface area (Å²) in [6.45, 7) is 13.3. The lowest BCUT2D eigenvalue weighted by atomic mass is 9.95. The Hall–Kier alpha value is -0.790. The fraction of sp³-hybridized carbons (Fsp3) is 0.727. The van der Waals surface area contributed by atoms with Gasteiger partial charge in [0, 0.05) is 19.0 Å². The van der Waals surface area contributed by atoms with E-state index in [0.29, 0.717) is 0 Å². The van der Waals surface area contributed by atoms with E-state index in [9.17, 15) is 4.79 Å². The van der Waals surface area contributed by atoms with Crippen molar-refractivity contribution in [2.45, 2.75) is 27.7 Å². The van der Waals surface area contributed by atoms with Gasteiger partial charge in [-0.15, -0.1) is 6.58 Å². The average molecular weight is 183 g/mol. The first-order chi connectivity index (χ1) is 6.08. The van der Waals surface area contributed by atoms with Crippen molar-refractivity contribution >= 4 is 5.91 Å². The fourth-order valence-corrected chi connectivity index (χ4v) is 1.25. The molecule has 0 aromatic rings. The van der Waals surface area contributed by atoms with Crippen LogP contribution in [-0.2, 0) is 4.79 Å². The molecule has 2 heteroatoms. The van der Waals surface area contributed by atoms with Crippen molar-refractivity contribution in [3.63, 3.8) is 0 Å². The molecule has 0 saturated carbocycles. The summed E-state index contributed by atoms with van der Waals surface area (Å²) >= 11 is 0. The molecule has 0 saturated heterocycles. The van der Waals surface area contributed by atoms with Crippen LogP contribution in [0.1, 0.15) is 27.7 Å². The number of allylic oxidation sites excluding steroid dienone is 1. The second-order valence-electron chi connectivity index (χ2n) is 3.39. The zero-order valence-corrected chi connectivity index (χ0v) is 9.21. The third kappa shape index (κ3) is 3.21. The van der Waals surface area contributed by atoms with Gasteiger partial charge in [-0.05, 0) is 19.8 Å². The van der Waals surface area contributed by atoms with Gasteiger partial charge in [0.05, 0.1) is 0 Å². The van der Waals surface area contributed by atoms with Gasteiger partial charge in [-0.2, -0.15) is 0 Å². The van der Waals surface area contributed by atoms with Crippen LogP contribution in [0.2, 0.25) is 0 Å². The largest absolute Gasteiger partial charge is 0.343 e. The van der Waals surface area contributed by atoms with Crippen LogP contribution in [-0.4, -0.2) is 23.9 Å². The third-order valence-electron chi connectivity index (χ3n) is 2.63.